The molecule has 0 saturated carbocycles. The predicted octanol–water partition coefficient (Wildman–Crippen LogP) is 8.81. The van der Waals surface area contributed by atoms with E-state index in [0.29, 0.717) is 29.8 Å². The van der Waals surface area contributed by atoms with Crippen LogP contribution in [-0.2, 0) is 17.5 Å². The highest BCUT2D eigenvalue weighted by Gasteiger charge is 2.46. The van der Waals surface area contributed by atoms with Crippen LogP contribution in [0.1, 0.15) is 65.3 Å². The van der Waals surface area contributed by atoms with Crippen LogP contribution in [0.15, 0.2) is 84.9 Å². The summed E-state index contributed by atoms with van der Waals surface area (Å²) in [5.41, 5.74) is 5.03. The summed E-state index contributed by atoms with van der Waals surface area (Å²) in [7, 11) is 0. The van der Waals surface area contributed by atoms with Gasteiger partial charge in [-0.25, -0.2) is 0 Å². The number of hydrogen-bond donors (Lipinski definition) is 1. The quantitative estimate of drug-likeness (QED) is 0.254. The molecule has 0 radical (unpaired) electrons. The Morgan fingerprint density at radius 3 is 2.56 bits per heavy atom. The average Bonchev–Trinajstić information content (AvgIpc) is 3.50. The Hall–Kier alpha value is -3.42. The Balaban J connectivity index is 1.37. The van der Waals surface area contributed by atoms with Crippen molar-refractivity contribution < 1.29 is 17.9 Å². The number of benzene rings is 3. The van der Waals surface area contributed by atoms with Crippen molar-refractivity contribution in [1.82, 2.24) is 9.78 Å². The van der Waals surface area contributed by atoms with Gasteiger partial charge in [-0.3, -0.25) is 9.78 Å². The summed E-state index contributed by atoms with van der Waals surface area (Å²) in [5.74, 6) is -0.0620. The molecule has 39 heavy (non-hydrogen) atoms. The Morgan fingerprint density at radius 1 is 1.00 bits per heavy atom. The Kier molecular flexibility index (Phi) is 6.60. The lowest BCUT2D eigenvalue weighted by Crippen LogP contribution is -2.35. The number of allylic oxidation sites excluding steroid dienone is 1. The summed E-state index contributed by atoms with van der Waals surface area (Å²) in [6, 6.07) is 26.0. The van der Waals surface area contributed by atoms with Crippen molar-refractivity contribution in [2.75, 3.05) is 6.61 Å². The minimum atomic E-state index is -4.40. The van der Waals surface area contributed by atoms with Crippen molar-refractivity contribution in [3.63, 3.8) is 0 Å². The summed E-state index contributed by atoms with van der Waals surface area (Å²) < 4.78 is 49.9. The lowest BCUT2D eigenvalue weighted by atomic mass is 9.64. The predicted molar refractivity (Wildman–Crippen MR) is 150 cm³/mol. The lowest BCUT2D eigenvalue weighted by molar-refractivity contribution is -0.137. The van der Waals surface area contributed by atoms with Gasteiger partial charge in [-0.2, -0.15) is 13.2 Å². The topological polar surface area (TPSA) is 29.9 Å². The number of nitrogens with one attached hydrogen (secondary N) is 1. The molecule has 1 aromatic heterocycles. The molecule has 3 aromatic carbocycles. The average molecular weight is 547 g/mol. The van der Waals surface area contributed by atoms with Gasteiger partial charge in [0.05, 0.1) is 23.9 Å². The van der Waals surface area contributed by atoms with E-state index in [-0.39, 0.29) is 17.4 Å². The fourth-order valence-electron chi connectivity index (χ4n) is 6.28. The van der Waals surface area contributed by atoms with Crippen molar-refractivity contribution in [2.45, 2.75) is 44.5 Å². The van der Waals surface area contributed by atoms with Crippen LogP contribution in [-0.4, -0.2) is 16.4 Å². The second kappa shape index (κ2) is 9.96. The number of hydrogen-bond acceptors (Lipinski definition) is 2. The van der Waals surface area contributed by atoms with E-state index in [1.165, 1.54) is 12.1 Å². The van der Waals surface area contributed by atoms with Crippen molar-refractivity contribution >= 4 is 23.9 Å². The molecule has 0 spiro atoms. The molecule has 1 N–H and O–H groups in total. The van der Waals surface area contributed by atoms with Crippen molar-refractivity contribution in [2.24, 2.45) is 5.41 Å². The van der Waals surface area contributed by atoms with E-state index >= 15 is 0 Å². The molecule has 3 atom stereocenters. The van der Waals surface area contributed by atoms with Crippen LogP contribution in [0.4, 0.5) is 13.2 Å². The molecule has 0 bridgehead atoms. The minimum Gasteiger partial charge on any atom is -0.372 e. The van der Waals surface area contributed by atoms with Crippen LogP contribution in [0.5, 0.6) is 0 Å². The van der Waals surface area contributed by atoms with E-state index < -0.39 is 11.7 Å². The molecule has 1 fully saturated rings. The first kappa shape index (κ1) is 25.8. The molecule has 0 amide bonds. The van der Waals surface area contributed by atoms with E-state index in [9.17, 15) is 13.2 Å². The Labute approximate surface area is 230 Å². The molecule has 4 aromatic rings. The number of rotatable bonds is 5. The van der Waals surface area contributed by atoms with Gasteiger partial charge < -0.3 is 4.74 Å². The van der Waals surface area contributed by atoms with Crippen molar-refractivity contribution in [1.29, 1.82) is 0 Å². The Morgan fingerprint density at radius 2 is 1.77 bits per heavy atom. The standard InChI is InChI=1S/C32H29F3N2OS/c1-31(14-15-38-28(19-31)27-18-29(39)36-37(27)20-21-8-3-2-4-9-21)30-25-13-6-5-10-23(25)17-26(30)22-11-7-12-24(16-22)32(33,34)35/h2-13,16-18,28,30H,14-15,19-20H2,1H3,(H,36,39). The molecule has 1 saturated heterocycles. The Bertz CT molecular complexity index is 1590. The maximum Gasteiger partial charge on any atom is 0.416 e. The van der Waals surface area contributed by atoms with Crippen LogP contribution in [0.3, 0.4) is 0 Å². The van der Waals surface area contributed by atoms with Gasteiger partial charge in [-0.15, -0.1) is 0 Å². The van der Waals surface area contributed by atoms with Crippen molar-refractivity contribution in [3.8, 4) is 0 Å². The van der Waals surface area contributed by atoms with Crippen LogP contribution >= 0.6 is 12.2 Å². The lowest BCUT2D eigenvalue weighted by Gasteiger charge is -2.44. The monoisotopic (exact) mass is 546 g/mol. The van der Waals surface area contributed by atoms with Crippen LogP contribution in [0, 0.1) is 10.1 Å². The first-order valence-electron chi connectivity index (χ1n) is 13.1. The van der Waals surface area contributed by atoms with Gasteiger partial charge in [0.1, 0.15) is 4.64 Å². The first-order valence-corrected chi connectivity index (χ1v) is 13.6. The second-order valence-electron chi connectivity index (χ2n) is 10.8. The fourth-order valence-corrected chi connectivity index (χ4v) is 6.51. The zero-order valence-electron chi connectivity index (χ0n) is 21.5. The number of fused-ring (bicyclic) bond motifs is 1. The molecule has 2 aliphatic rings. The zero-order valence-corrected chi connectivity index (χ0v) is 22.4. The van der Waals surface area contributed by atoms with Gasteiger partial charge in [-0.05, 0) is 64.3 Å². The minimum absolute atomic E-state index is 0.0620. The van der Waals surface area contributed by atoms with Crippen LogP contribution < -0.4 is 0 Å². The molecular weight excluding hydrogens is 517 g/mol. The SMILES string of the molecule is CC1(C2C(c3cccc(C(F)(F)F)c3)=Cc3ccccc32)CCOC(c2cc(=S)[nH]n2Cc2ccccc2)C1. The van der Waals surface area contributed by atoms with Gasteiger partial charge in [0, 0.05) is 12.5 Å². The van der Waals surface area contributed by atoms with Gasteiger partial charge in [0.25, 0.3) is 0 Å². The van der Waals surface area contributed by atoms with Crippen molar-refractivity contribution in [3.05, 3.63) is 123 Å². The third kappa shape index (κ3) is 5.01. The van der Waals surface area contributed by atoms with E-state index in [1.807, 2.05) is 42.5 Å². The fraction of sp³-hybridized carbons (Fsp3) is 0.281. The number of alkyl halides is 3. The maximum absolute atomic E-state index is 13.6. The van der Waals surface area contributed by atoms with E-state index in [2.05, 4.69) is 41.0 Å². The largest absolute Gasteiger partial charge is 0.416 e. The molecule has 7 heteroatoms. The highest BCUT2D eigenvalue weighted by molar-refractivity contribution is 7.71. The third-order valence-electron chi connectivity index (χ3n) is 8.14. The second-order valence-corrected chi connectivity index (χ2v) is 11.3. The molecule has 6 rings (SSSR count). The number of H-pyrrole nitrogens is 1. The van der Waals surface area contributed by atoms with Gasteiger partial charge in [0.2, 0.25) is 0 Å². The van der Waals surface area contributed by atoms with Gasteiger partial charge in [-0.1, -0.05) is 91.9 Å². The summed E-state index contributed by atoms with van der Waals surface area (Å²) in [4.78, 5) is 0. The molecule has 200 valence electrons. The first-order chi connectivity index (χ1) is 18.7. The number of aromatic amines is 1. The molecule has 3 unspecified atom stereocenters. The van der Waals surface area contributed by atoms with E-state index in [0.717, 1.165) is 40.4 Å². The van der Waals surface area contributed by atoms with Crippen LogP contribution in [0.25, 0.3) is 11.6 Å². The maximum atomic E-state index is 13.6. The van der Waals surface area contributed by atoms with Crippen LogP contribution in [0.2, 0.25) is 0 Å². The smallest absolute Gasteiger partial charge is 0.372 e. The summed E-state index contributed by atoms with van der Waals surface area (Å²) in [5, 5.41) is 3.29. The summed E-state index contributed by atoms with van der Waals surface area (Å²) in [6.07, 6.45) is -1.02. The number of nitrogens with zero attached hydrogens (tertiary/aromatic N) is 1. The number of ether oxygens (including phenoxy) is 1. The van der Waals surface area contributed by atoms with E-state index in [4.69, 9.17) is 17.0 Å². The highest BCUT2D eigenvalue weighted by Crippen LogP contribution is 2.57. The molecule has 2 heterocycles. The summed E-state index contributed by atoms with van der Waals surface area (Å²) >= 11 is 5.51. The number of aromatic nitrogens is 2. The molecule has 3 nitrogen and oxygen atoms in total. The normalized spacial score (nSPS) is 22.9. The molecule has 1 aliphatic carbocycles. The van der Waals surface area contributed by atoms with Gasteiger partial charge >= 0.3 is 6.18 Å². The third-order valence-corrected chi connectivity index (χ3v) is 8.35. The zero-order chi connectivity index (χ0) is 27.2. The number of halogens is 3. The van der Waals surface area contributed by atoms with E-state index in [1.54, 1.807) is 6.07 Å². The summed E-state index contributed by atoms with van der Waals surface area (Å²) in [6.45, 7) is 3.45. The van der Waals surface area contributed by atoms with Gasteiger partial charge in [0.15, 0.2) is 0 Å². The molecule has 1 aliphatic heterocycles. The molecular formula is C32H29F3N2OS. The highest BCUT2D eigenvalue weighted by atomic mass is 32.1.